The highest BCUT2D eigenvalue weighted by molar-refractivity contribution is 5.65. The lowest BCUT2D eigenvalue weighted by Gasteiger charge is -2.15. The number of nitrogens with two attached hydrogens (primary N) is 1. The quantitative estimate of drug-likeness (QED) is 0.750. The van der Waals surface area contributed by atoms with E-state index in [2.05, 4.69) is 26.3 Å². The molecule has 2 aliphatic rings. The minimum Gasteiger partial charge on any atom is -0.386 e. The summed E-state index contributed by atoms with van der Waals surface area (Å²) in [7, 11) is 0. The Labute approximate surface area is 111 Å². The van der Waals surface area contributed by atoms with Crippen LogP contribution in [0.2, 0.25) is 0 Å². The molecule has 4 rings (SSSR count). The van der Waals surface area contributed by atoms with Gasteiger partial charge in [0.25, 0.3) is 0 Å². The molecule has 5 heteroatoms. The summed E-state index contributed by atoms with van der Waals surface area (Å²) in [5, 5.41) is 3.54. The zero-order chi connectivity index (χ0) is 13.0. The number of rotatable bonds is 0. The molecule has 1 aliphatic carbocycles. The van der Waals surface area contributed by atoms with Gasteiger partial charge in [0.1, 0.15) is 17.2 Å². The van der Waals surface area contributed by atoms with E-state index in [1.807, 2.05) is 12.4 Å². The van der Waals surface area contributed by atoms with E-state index >= 15 is 0 Å². The summed E-state index contributed by atoms with van der Waals surface area (Å²) in [5.41, 5.74) is 9.06. The third-order valence-corrected chi connectivity index (χ3v) is 4.29. The van der Waals surface area contributed by atoms with E-state index in [0.29, 0.717) is 17.8 Å². The van der Waals surface area contributed by atoms with E-state index in [4.69, 9.17) is 5.73 Å². The van der Waals surface area contributed by atoms with Crippen LogP contribution >= 0.6 is 0 Å². The maximum absolute atomic E-state index is 5.97. The van der Waals surface area contributed by atoms with Gasteiger partial charge in [0, 0.05) is 36.0 Å². The molecule has 0 aromatic carbocycles. The summed E-state index contributed by atoms with van der Waals surface area (Å²) in [4.78, 5) is 8.89. The van der Waals surface area contributed by atoms with Crippen LogP contribution in [0.4, 0.5) is 5.82 Å². The molecule has 2 atom stereocenters. The molecule has 1 unspecified atom stereocenters. The minimum absolute atomic E-state index is 0.506. The van der Waals surface area contributed by atoms with Crippen LogP contribution in [-0.4, -0.2) is 20.4 Å². The van der Waals surface area contributed by atoms with Gasteiger partial charge in [0.2, 0.25) is 0 Å². The van der Waals surface area contributed by atoms with Crippen molar-refractivity contribution >= 4 is 11.3 Å². The van der Waals surface area contributed by atoms with E-state index < -0.39 is 0 Å². The number of allylic oxidation sites excluding steroid dienone is 1. The molecular formula is C14H17N5. The first-order valence-electron chi connectivity index (χ1n) is 6.77. The number of aromatic nitrogens is 3. The fraction of sp³-hybridized carbons (Fsp3) is 0.429. The van der Waals surface area contributed by atoms with Crippen LogP contribution in [0.5, 0.6) is 0 Å². The van der Waals surface area contributed by atoms with Crippen LogP contribution in [0, 0.1) is 0 Å². The number of hydrogen-bond donors (Lipinski definition) is 2. The predicted molar refractivity (Wildman–Crippen MR) is 73.8 cm³/mol. The van der Waals surface area contributed by atoms with E-state index in [1.165, 1.54) is 12.8 Å². The molecule has 3 N–H and O–H groups in total. The smallest absolute Gasteiger partial charge is 0.149 e. The van der Waals surface area contributed by atoms with Crippen LogP contribution in [0.15, 0.2) is 24.7 Å². The average Bonchev–Trinajstić information content (AvgIpc) is 2.99. The van der Waals surface area contributed by atoms with Crippen LogP contribution in [0.3, 0.4) is 0 Å². The Morgan fingerprint density at radius 3 is 3.11 bits per heavy atom. The second-order valence-electron chi connectivity index (χ2n) is 5.60. The zero-order valence-corrected chi connectivity index (χ0v) is 10.8. The van der Waals surface area contributed by atoms with Crippen molar-refractivity contribution in [3.63, 3.8) is 0 Å². The maximum Gasteiger partial charge on any atom is 0.149 e. The second-order valence-corrected chi connectivity index (χ2v) is 5.60. The molecule has 0 radical (unpaired) electrons. The monoisotopic (exact) mass is 255 g/mol. The van der Waals surface area contributed by atoms with Crippen LogP contribution in [0.25, 0.3) is 5.52 Å². The molecule has 1 aliphatic heterocycles. The molecule has 1 fully saturated rings. The van der Waals surface area contributed by atoms with E-state index in [0.717, 1.165) is 35.6 Å². The Bertz CT molecular complexity index is 672. The molecule has 5 nitrogen and oxygen atoms in total. The molecule has 3 heterocycles. The van der Waals surface area contributed by atoms with Crippen LogP contribution in [-0.2, 0) is 6.42 Å². The Morgan fingerprint density at radius 1 is 1.32 bits per heavy atom. The number of nitrogen functional groups attached to an aromatic ring is 1. The first-order chi connectivity index (χ1) is 9.22. The number of imidazole rings is 1. The lowest BCUT2D eigenvalue weighted by Crippen LogP contribution is -2.25. The summed E-state index contributed by atoms with van der Waals surface area (Å²) in [5.74, 6) is 2.19. The van der Waals surface area contributed by atoms with Gasteiger partial charge in [0.05, 0.1) is 6.20 Å². The van der Waals surface area contributed by atoms with Gasteiger partial charge in [-0.25, -0.2) is 9.97 Å². The molecule has 0 spiro atoms. The van der Waals surface area contributed by atoms with Crippen molar-refractivity contribution in [1.29, 1.82) is 0 Å². The summed E-state index contributed by atoms with van der Waals surface area (Å²) >= 11 is 0. The predicted octanol–water partition coefficient (Wildman–Crippen LogP) is 1.61. The molecule has 2 aromatic rings. The average molecular weight is 255 g/mol. The van der Waals surface area contributed by atoms with Crippen molar-refractivity contribution in [2.75, 3.05) is 5.73 Å². The Morgan fingerprint density at radius 2 is 2.21 bits per heavy atom. The normalized spacial score (nSPS) is 25.8. The SMILES string of the molecule is C=C1Cc2cnc(N)c3cnc(n23)[C@@H]2CCC(C2)N1. The van der Waals surface area contributed by atoms with Crippen molar-refractivity contribution in [3.8, 4) is 0 Å². The summed E-state index contributed by atoms with van der Waals surface area (Å²) in [6.07, 6.45) is 7.96. The van der Waals surface area contributed by atoms with Gasteiger partial charge in [-0.05, 0) is 19.3 Å². The van der Waals surface area contributed by atoms with Crippen molar-refractivity contribution in [3.05, 3.63) is 36.2 Å². The van der Waals surface area contributed by atoms with Gasteiger partial charge in [-0.3, -0.25) is 4.40 Å². The molecule has 2 bridgehead atoms. The second kappa shape index (κ2) is 3.73. The lowest BCUT2D eigenvalue weighted by molar-refractivity contribution is 0.568. The number of anilines is 1. The number of nitrogens with one attached hydrogen (secondary N) is 1. The van der Waals surface area contributed by atoms with Crippen molar-refractivity contribution in [1.82, 2.24) is 19.7 Å². The van der Waals surface area contributed by atoms with E-state index in [1.54, 1.807) is 0 Å². The van der Waals surface area contributed by atoms with Crippen LogP contribution < -0.4 is 11.1 Å². The van der Waals surface area contributed by atoms with Gasteiger partial charge in [-0.2, -0.15) is 0 Å². The molecule has 2 aromatic heterocycles. The molecular weight excluding hydrogens is 238 g/mol. The maximum atomic E-state index is 5.97. The van der Waals surface area contributed by atoms with E-state index in [-0.39, 0.29) is 0 Å². The highest BCUT2D eigenvalue weighted by Crippen LogP contribution is 2.36. The lowest BCUT2D eigenvalue weighted by atomic mass is 10.1. The van der Waals surface area contributed by atoms with E-state index in [9.17, 15) is 0 Å². The number of nitrogens with zero attached hydrogens (tertiary/aromatic N) is 3. The third-order valence-electron chi connectivity index (χ3n) is 4.29. The van der Waals surface area contributed by atoms with Gasteiger partial charge >= 0.3 is 0 Å². The summed E-state index contributed by atoms with van der Waals surface area (Å²) in [6, 6.07) is 0.532. The first-order valence-corrected chi connectivity index (χ1v) is 6.77. The van der Waals surface area contributed by atoms with Gasteiger partial charge < -0.3 is 11.1 Å². The van der Waals surface area contributed by atoms with Gasteiger partial charge in [-0.1, -0.05) is 6.58 Å². The molecule has 19 heavy (non-hydrogen) atoms. The Hall–Kier alpha value is -2.04. The van der Waals surface area contributed by atoms with Gasteiger partial charge in [-0.15, -0.1) is 0 Å². The van der Waals surface area contributed by atoms with Crippen molar-refractivity contribution < 1.29 is 0 Å². The zero-order valence-electron chi connectivity index (χ0n) is 10.8. The summed E-state index contributed by atoms with van der Waals surface area (Å²) < 4.78 is 2.19. The van der Waals surface area contributed by atoms with Crippen molar-refractivity contribution in [2.24, 2.45) is 0 Å². The fourth-order valence-electron chi connectivity index (χ4n) is 3.43. The Balaban J connectivity index is 2.00. The minimum atomic E-state index is 0.506. The largest absolute Gasteiger partial charge is 0.386 e. The molecule has 98 valence electrons. The molecule has 0 saturated heterocycles. The standard InChI is InChI=1S/C14H17N5/c1-8-4-11-6-16-13(15)12-7-17-14(19(11)12)9-2-3-10(5-9)18-8/h6-7,9-10,18H,1-5H2,(H2,15,16)/t9-,10?/m1/s1. The molecule has 0 amide bonds. The fourth-order valence-corrected chi connectivity index (χ4v) is 3.43. The third kappa shape index (κ3) is 1.54. The highest BCUT2D eigenvalue weighted by Gasteiger charge is 2.31. The number of fused-ring (bicyclic) bond motifs is 3. The first kappa shape index (κ1) is 10.8. The van der Waals surface area contributed by atoms with Crippen LogP contribution in [0.1, 0.15) is 36.7 Å². The topological polar surface area (TPSA) is 68.2 Å². The molecule has 1 saturated carbocycles. The van der Waals surface area contributed by atoms with Gasteiger partial charge in [0.15, 0.2) is 0 Å². The highest BCUT2D eigenvalue weighted by atomic mass is 15.1. The number of hydrogen-bond acceptors (Lipinski definition) is 4. The Kier molecular flexibility index (Phi) is 2.13. The van der Waals surface area contributed by atoms with Crippen molar-refractivity contribution in [2.45, 2.75) is 37.6 Å². The summed E-state index contributed by atoms with van der Waals surface area (Å²) in [6.45, 7) is 4.14.